The fraction of sp³-hybridized carbons (Fsp3) is 0.662. The molecule has 0 aliphatic rings. The van der Waals surface area contributed by atoms with Crippen molar-refractivity contribution in [2.45, 2.75) is 277 Å². The maximum Gasteiger partial charge on any atom is 0.309 e. The first-order valence-corrected chi connectivity index (χ1v) is 30.5. The topological polar surface area (TPSA) is 78.9 Å². The molecule has 0 amide bonds. The predicted octanol–water partition coefficient (Wildman–Crippen LogP) is 20.8. The van der Waals surface area contributed by atoms with Crippen molar-refractivity contribution in [1.29, 1.82) is 0 Å². The maximum absolute atomic E-state index is 12.9. The van der Waals surface area contributed by atoms with Gasteiger partial charge in [-0.2, -0.15) is 0 Å². The van der Waals surface area contributed by atoms with Gasteiger partial charge in [-0.1, -0.05) is 264 Å². The number of ether oxygens (including phenoxy) is 3. The summed E-state index contributed by atoms with van der Waals surface area (Å²) in [5.41, 5.74) is 0. The second kappa shape index (κ2) is 61.4. The Morgan fingerprint density at radius 1 is 0.297 bits per heavy atom. The number of carbonyl (C=O) groups is 3. The van der Waals surface area contributed by atoms with E-state index in [0.717, 1.165) is 96.3 Å². The lowest BCUT2D eigenvalue weighted by Gasteiger charge is -2.18. The van der Waals surface area contributed by atoms with Crippen LogP contribution >= 0.6 is 0 Å². The zero-order chi connectivity index (χ0) is 53.6. The van der Waals surface area contributed by atoms with E-state index >= 15 is 0 Å². The van der Waals surface area contributed by atoms with E-state index in [-0.39, 0.29) is 31.6 Å². The summed E-state index contributed by atoms with van der Waals surface area (Å²) in [6.45, 7) is 6.33. The minimum atomic E-state index is -0.826. The lowest BCUT2D eigenvalue weighted by molar-refractivity contribution is -0.166. The summed E-state index contributed by atoms with van der Waals surface area (Å²) in [7, 11) is 0. The van der Waals surface area contributed by atoms with Crippen molar-refractivity contribution in [2.24, 2.45) is 0 Å². The van der Waals surface area contributed by atoms with E-state index in [9.17, 15) is 14.4 Å². The van der Waals surface area contributed by atoms with Gasteiger partial charge in [-0.05, 0) is 109 Å². The smallest absolute Gasteiger partial charge is 0.309 e. The number of hydrogen-bond donors (Lipinski definition) is 0. The van der Waals surface area contributed by atoms with Gasteiger partial charge in [-0.25, -0.2) is 0 Å². The van der Waals surface area contributed by atoms with Gasteiger partial charge in [-0.3, -0.25) is 14.4 Å². The molecule has 0 spiro atoms. The zero-order valence-electron chi connectivity index (χ0n) is 48.1. The molecule has 0 bridgehead atoms. The molecule has 1 atom stereocenters. The highest BCUT2D eigenvalue weighted by molar-refractivity contribution is 5.72. The third-order valence-electron chi connectivity index (χ3n) is 12.7. The molecule has 0 aromatic rings. The third-order valence-corrected chi connectivity index (χ3v) is 12.7. The number of hydrogen-bond acceptors (Lipinski definition) is 6. The number of unbranched alkanes of at least 4 members (excludes halogenated alkanes) is 24. The summed E-state index contributed by atoms with van der Waals surface area (Å²) in [4.78, 5) is 38.2. The van der Waals surface area contributed by atoms with Crippen molar-refractivity contribution >= 4 is 17.9 Å². The Hall–Kier alpha value is -4.19. The molecule has 0 heterocycles. The van der Waals surface area contributed by atoms with Gasteiger partial charge in [0.15, 0.2) is 6.10 Å². The Bertz CT molecular complexity index is 1550. The molecule has 0 saturated carbocycles. The van der Waals surface area contributed by atoms with Gasteiger partial charge >= 0.3 is 17.9 Å². The Balaban J connectivity index is 4.45. The molecule has 0 saturated heterocycles. The van der Waals surface area contributed by atoms with Gasteiger partial charge in [0.2, 0.25) is 0 Å². The van der Waals surface area contributed by atoms with Crippen molar-refractivity contribution in [3.05, 3.63) is 122 Å². The van der Waals surface area contributed by atoms with Gasteiger partial charge in [0.25, 0.3) is 0 Å². The van der Waals surface area contributed by atoms with Crippen LogP contribution in [-0.2, 0) is 28.6 Å². The first-order valence-electron chi connectivity index (χ1n) is 30.5. The van der Waals surface area contributed by atoms with Crippen LogP contribution in [0.2, 0.25) is 0 Å². The molecule has 74 heavy (non-hydrogen) atoms. The van der Waals surface area contributed by atoms with Crippen LogP contribution in [0.5, 0.6) is 0 Å². The van der Waals surface area contributed by atoms with Crippen LogP contribution < -0.4 is 0 Å². The second-order valence-corrected chi connectivity index (χ2v) is 19.9. The summed E-state index contributed by atoms with van der Waals surface area (Å²) in [6.07, 6.45) is 85.1. The van der Waals surface area contributed by atoms with E-state index in [1.54, 1.807) is 6.08 Å². The molecule has 0 rings (SSSR count). The van der Waals surface area contributed by atoms with E-state index in [1.165, 1.54) is 135 Å². The molecule has 0 aliphatic carbocycles. The highest BCUT2D eigenvalue weighted by Gasteiger charge is 2.19. The van der Waals surface area contributed by atoms with E-state index in [4.69, 9.17) is 14.2 Å². The van der Waals surface area contributed by atoms with Gasteiger partial charge in [-0.15, -0.1) is 0 Å². The summed E-state index contributed by atoms with van der Waals surface area (Å²) in [5, 5.41) is 0. The summed E-state index contributed by atoms with van der Waals surface area (Å²) < 4.78 is 16.8. The molecular weight excluding hydrogens is 913 g/mol. The van der Waals surface area contributed by atoms with Gasteiger partial charge < -0.3 is 14.2 Å². The number of esters is 3. The van der Waals surface area contributed by atoms with E-state index < -0.39 is 12.1 Å². The summed E-state index contributed by atoms with van der Waals surface area (Å²) >= 11 is 0. The molecule has 0 radical (unpaired) electrons. The van der Waals surface area contributed by atoms with Crippen molar-refractivity contribution in [3.8, 4) is 0 Å². The van der Waals surface area contributed by atoms with Gasteiger partial charge in [0.1, 0.15) is 13.2 Å². The Labute approximate surface area is 456 Å². The normalized spacial score (nSPS) is 13.0. The molecule has 1 unspecified atom stereocenters. The molecule has 0 aromatic carbocycles. The summed E-state index contributed by atoms with van der Waals surface area (Å²) in [6, 6.07) is 0. The Kier molecular flexibility index (Phi) is 57.9. The maximum atomic E-state index is 12.9. The molecule has 0 N–H and O–H groups in total. The number of carbonyl (C=O) groups excluding carboxylic acids is 3. The Morgan fingerprint density at radius 2 is 0.581 bits per heavy atom. The second-order valence-electron chi connectivity index (χ2n) is 19.9. The van der Waals surface area contributed by atoms with Crippen LogP contribution in [0.15, 0.2) is 122 Å². The zero-order valence-corrected chi connectivity index (χ0v) is 48.1. The minimum absolute atomic E-state index is 0.114. The van der Waals surface area contributed by atoms with Gasteiger partial charge in [0, 0.05) is 12.8 Å². The van der Waals surface area contributed by atoms with Crippen molar-refractivity contribution in [3.63, 3.8) is 0 Å². The number of rotatable bonds is 54. The van der Waals surface area contributed by atoms with Crippen LogP contribution in [-0.4, -0.2) is 37.2 Å². The van der Waals surface area contributed by atoms with E-state index in [2.05, 4.69) is 130 Å². The SMILES string of the molecule is CC/C=C\C/C=C\C/C=C\C/C=C\C/C=C\CC(=O)OCC(COC(=O)CCCCCCCCCCCC/C=C\C/C=C\C/C=C\C/C=C\CC)OC(=O)CCCCCCCCC/C=C\CCCCCCCCC. The largest absolute Gasteiger partial charge is 0.462 e. The molecule has 0 aliphatic heterocycles. The van der Waals surface area contributed by atoms with Crippen molar-refractivity contribution < 1.29 is 28.6 Å². The van der Waals surface area contributed by atoms with E-state index in [0.29, 0.717) is 12.8 Å². The van der Waals surface area contributed by atoms with Crippen LogP contribution in [0.3, 0.4) is 0 Å². The van der Waals surface area contributed by atoms with Crippen LogP contribution in [0.4, 0.5) is 0 Å². The average molecular weight is 1030 g/mol. The fourth-order valence-electron chi connectivity index (χ4n) is 8.21. The number of allylic oxidation sites excluding steroid dienone is 19. The van der Waals surface area contributed by atoms with E-state index in [1.807, 2.05) is 6.08 Å². The monoisotopic (exact) mass is 1020 g/mol. The first-order chi connectivity index (χ1) is 36.5. The van der Waals surface area contributed by atoms with Crippen LogP contribution in [0.1, 0.15) is 271 Å². The molecule has 0 fully saturated rings. The lowest BCUT2D eigenvalue weighted by Crippen LogP contribution is -2.30. The van der Waals surface area contributed by atoms with Crippen molar-refractivity contribution in [2.75, 3.05) is 13.2 Å². The third kappa shape index (κ3) is 58.7. The minimum Gasteiger partial charge on any atom is -0.462 e. The quantitative estimate of drug-likeness (QED) is 0.0261. The average Bonchev–Trinajstić information content (AvgIpc) is 3.40. The molecule has 6 heteroatoms. The van der Waals surface area contributed by atoms with Gasteiger partial charge in [0.05, 0.1) is 6.42 Å². The predicted molar refractivity (Wildman–Crippen MR) is 320 cm³/mol. The fourth-order valence-corrected chi connectivity index (χ4v) is 8.21. The first kappa shape index (κ1) is 69.8. The van der Waals surface area contributed by atoms with Crippen LogP contribution in [0, 0.1) is 0 Å². The standard InChI is InChI=1S/C68H112O6/c1-4-7-10-13-16-19-22-25-28-30-32-33-34-35-36-38-40-43-46-49-52-55-58-61-67(70)73-64-65(63-72-66(69)60-57-54-51-48-45-42-39-27-24-21-18-15-12-9-6-3)74-68(71)62-59-56-53-50-47-44-41-37-31-29-26-23-20-17-14-11-8-5-2/h7,9-10,12,16,18-19,21,25,27-29,31-33,39,45,48,54,57,65H,4-6,8,11,13-15,17,20,22-24,26,30,34-38,40-44,46-47,49-53,55-56,58-64H2,1-3H3/b10-7-,12-9-,19-16-,21-18-,28-25-,31-29-,33-32-,39-27-,48-45-,57-54-. The Morgan fingerprint density at radius 3 is 0.959 bits per heavy atom. The highest BCUT2D eigenvalue weighted by Crippen LogP contribution is 2.15. The molecule has 6 nitrogen and oxygen atoms in total. The molecule has 0 aromatic heterocycles. The van der Waals surface area contributed by atoms with Crippen molar-refractivity contribution in [1.82, 2.24) is 0 Å². The summed E-state index contributed by atoms with van der Waals surface area (Å²) in [5.74, 6) is -1.05. The highest BCUT2D eigenvalue weighted by atomic mass is 16.6. The van der Waals surface area contributed by atoms with Crippen LogP contribution in [0.25, 0.3) is 0 Å². The lowest BCUT2D eigenvalue weighted by atomic mass is 10.1. The molecular formula is C68H112O6. The molecule has 420 valence electrons.